The third-order valence-corrected chi connectivity index (χ3v) is 3.19. The number of alkyl halides is 3. The van der Waals surface area contributed by atoms with Crippen LogP contribution in [0.2, 0.25) is 0 Å². The van der Waals surface area contributed by atoms with Gasteiger partial charge in [-0.1, -0.05) is 17.8 Å². The number of thioether (sulfide) groups is 1. The molecule has 6 heteroatoms. The summed E-state index contributed by atoms with van der Waals surface area (Å²) >= 11 is 0.567. The number of rotatable bonds is 0. The molecule has 0 unspecified atom stereocenters. The number of hydrogen-bond donors (Lipinski definition) is 0. The largest absolute Gasteiger partial charge is 0.439 e. The maximum atomic E-state index is 12.4. The fourth-order valence-electron chi connectivity index (χ4n) is 1.29. The number of aliphatic imine (C=N–C) groups is 1. The van der Waals surface area contributed by atoms with Crippen molar-refractivity contribution in [1.82, 2.24) is 0 Å². The SMILES string of the molecule is N#Cc1ccc2c(c1)SC(C(F)(F)F)=NC2. The minimum absolute atomic E-state index is 0.0168. The Labute approximate surface area is 93.8 Å². The van der Waals surface area contributed by atoms with Gasteiger partial charge < -0.3 is 0 Å². The van der Waals surface area contributed by atoms with E-state index in [0.29, 0.717) is 22.2 Å². The number of hydrogen-bond acceptors (Lipinski definition) is 3. The van der Waals surface area contributed by atoms with Crippen molar-refractivity contribution in [3.05, 3.63) is 29.3 Å². The van der Waals surface area contributed by atoms with Gasteiger partial charge in [0, 0.05) is 4.90 Å². The van der Waals surface area contributed by atoms with Gasteiger partial charge in [-0.05, 0) is 17.7 Å². The van der Waals surface area contributed by atoms with E-state index in [9.17, 15) is 13.2 Å². The molecule has 1 aromatic rings. The normalized spacial score (nSPS) is 15.0. The molecular weight excluding hydrogens is 237 g/mol. The summed E-state index contributed by atoms with van der Waals surface area (Å²) in [4.78, 5) is 3.93. The second-order valence-corrected chi connectivity index (χ2v) is 4.19. The minimum Gasteiger partial charge on any atom is -0.269 e. The molecule has 0 aromatic heterocycles. The van der Waals surface area contributed by atoms with E-state index in [-0.39, 0.29) is 6.54 Å². The average molecular weight is 242 g/mol. The first-order chi connectivity index (χ1) is 7.50. The molecule has 0 amide bonds. The van der Waals surface area contributed by atoms with Crippen LogP contribution in [0.5, 0.6) is 0 Å². The first-order valence-corrected chi connectivity index (χ1v) is 5.15. The van der Waals surface area contributed by atoms with Crippen molar-refractivity contribution in [3.8, 4) is 6.07 Å². The van der Waals surface area contributed by atoms with Crippen molar-refractivity contribution in [1.29, 1.82) is 5.26 Å². The molecular formula is C10H5F3N2S. The molecule has 0 bridgehead atoms. The van der Waals surface area contributed by atoms with E-state index in [4.69, 9.17) is 5.26 Å². The zero-order valence-corrected chi connectivity index (χ0v) is 8.69. The molecule has 0 N–H and O–H groups in total. The molecule has 82 valence electrons. The van der Waals surface area contributed by atoms with Crippen LogP contribution >= 0.6 is 11.8 Å². The fraction of sp³-hybridized carbons (Fsp3) is 0.200. The number of halogens is 3. The lowest BCUT2D eigenvalue weighted by molar-refractivity contribution is -0.0557. The van der Waals surface area contributed by atoms with Crippen molar-refractivity contribution in [2.75, 3.05) is 0 Å². The van der Waals surface area contributed by atoms with Crippen LogP contribution < -0.4 is 0 Å². The fourth-order valence-corrected chi connectivity index (χ4v) is 2.19. The molecule has 0 saturated heterocycles. The number of nitriles is 1. The Morgan fingerprint density at radius 2 is 2.12 bits per heavy atom. The van der Waals surface area contributed by atoms with Gasteiger partial charge >= 0.3 is 6.18 Å². The molecule has 1 heterocycles. The molecule has 1 aliphatic heterocycles. The molecule has 2 rings (SSSR count). The molecule has 2 nitrogen and oxygen atoms in total. The predicted octanol–water partition coefficient (Wildman–Crippen LogP) is 3.12. The van der Waals surface area contributed by atoms with E-state index in [1.54, 1.807) is 12.1 Å². The molecule has 0 atom stereocenters. The quantitative estimate of drug-likeness (QED) is 0.700. The van der Waals surface area contributed by atoms with Gasteiger partial charge in [-0.3, -0.25) is 4.99 Å². The van der Waals surface area contributed by atoms with E-state index < -0.39 is 11.2 Å². The number of fused-ring (bicyclic) bond motifs is 1. The summed E-state index contributed by atoms with van der Waals surface area (Å²) in [6.07, 6.45) is -4.41. The van der Waals surface area contributed by atoms with E-state index in [0.717, 1.165) is 5.56 Å². The van der Waals surface area contributed by atoms with Crippen molar-refractivity contribution in [2.24, 2.45) is 4.99 Å². The molecule has 0 spiro atoms. The average Bonchev–Trinajstić information content (AvgIpc) is 2.26. The first-order valence-electron chi connectivity index (χ1n) is 4.33. The lowest BCUT2D eigenvalue weighted by atomic mass is 10.1. The van der Waals surface area contributed by atoms with Crippen LogP contribution in [0.4, 0.5) is 13.2 Å². The van der Waals surface area contributed by atoms with Crippen LogP contribution in [0.15, 0.2) is 28.1 Å². The summed E-state index contributed by atoms with van der Waals surface area (Å²) in [6.45, 7) is 0.0168. The molecule has 0 radical (unpaired) electrons. The zero-order valence-electron chi connectivity index (χ0n) is 7.88. The van der Waals surface area contributed by atoms with Gasteiger partial charge in [0.1, 0.15) is 0 Å². The monoisotopic (exact) mass is 242 g/mol. The topological polar surface area (TPSA) is 36.1 Å². The van der Waals surface area contributed by atoms with Crippen LogP contribution in [0.25, 0.3) is 0 Å². The van der Waals surface area contributed by atoms with Gasteiger partial charge in [-0.25, -0.2) is 0 Å². The Bertz CT molecular complexity index is 500. The van der Waals surface area contributed by atoms with Crippen LogP contribution in [0.3, 0.4) is 0 Å². The summed E-state index contributed by atoms with van der Waals surface area (Å²) in [5.74, 6) is 0. The van der Waals surface area contributed by atoms with Crippen LogP contribution in [0, 0.1) is 11.3 Å². The smallest absolute Gasteiger partial charge is 0.269 e. The molecule has 1 aliphatic rings. The second kappa shape index (κ2) is 3.83. The van der Waals surface area contributed by atoms with Crippen molar-refractivity contribution >= 4 is 16.8 Å². The summed E-state index contributed by atoms with van der Waals surface area (Å²) in [5.41, 5.74) is 1.08. The van der Waals surface area contributed by atoms with E-state index in [1.807, 2.05) is 6.07 Å². The Morgan fingerprint density at radius 1 is 1.38 bits per heavy atom. The predicted molar refractivity (Wildman–Crippen MR) is 54.2 cm³/mol. The first kappa shape index (κ1) is 11.0. The highest BCUT2D eigenvalue weighted by molar-refractivity contribution is 8.14. The molecule has 0 fully saturated rings. The van der Waals surface area contributed by atoms with Crippen LogP contribution in [-0.2, 0) is 6.54 Å². The Balaban J connectivity index is 2.35. The molecule has 0 saturated carbocycles. The maximum absolute atomic E-state index is 12.4. The standard InChI is InChI=1S/C10H5F3N2S/c11-10(12,13)9-15-5-7-2-1-6(4-14)3-8(7)16-9/h1-3H,5H2. The summed E-state index contributed by atoms with van der Waals surface area (Å²) < 4.78 is 37.2. The van der Waals surface area contributed by atoms with Gasteiger partial charge in [0.2, 0.25) is 0 Å². The zero-order chi connectivity index (χ0) is 11.8. The van der Waals surface area contributed by atoms with E-state index in [2.05, 4.69) is 4.99 Å². The maximum Gasteiger partial charge on any atom is 0.439 e. The van der Waals surface area contributed by atoms with Crippen LogP contribution in [0.1, 0.15) is 11.1 Å². The lowest BCUT2D eigenvalue weighted by Gasteiger charge is -2.17. The summed E-state index contributed by atoms with van der Waals surface area (Å²) in [5, 5.41) is 7.80. The summed E-state index contributed by atoms with van der Waals surface area (Å²) in [6, 6.07) is 6.57. The number of benzene rings is 1. The van der Waals surface area contributed by atoms with E-state index >= 15 is 0 Å². The molecule has 1 aromatic carbocycles. The highest BCUT2D eigenvalue weighted by Crippen LogP contribution is 2.36. The van der Waals surface area contributed by atoms with Gasteiger partial charge in [0.15, 0.2) is 5.04 Å². The third kappa shape index (κ3) is 2.04. The van der Waals surface area contributed by atoms with E-state index in [1.165, 1.54) is 6.07 Å². The molecule has 16 heavy (non-hydrogen) atoms. The van der Waals surface area contributed by atoms with Crippen LogP contribution in [-0.4, -0.2) is 11.2 Å². The second-order valence-electron chi connectivity index (χ2n) is 3.16. The van der Waals surface area contributed by atoms with Crippen molar-refractivity contribution in [2.45, 2.75) is 17.6 Å². The Morgan fingerprint density at radius 3 is 2.75 bits per heavy atom. The Hall–Kier alpha value is -1.48. The highest BCUT2D eigenvalue weighted by atomic mass is 32.2. The number of nitrogens with zero attached hydrogens (tertiary/aromatic N) is 2. The third-order valence-electron chi connectivity index (χ3n) is 2.04. The minimum atomic E-state index is -4.41. The lowest BCUT2D eigenvalue weighted by Crippen LogP contribution is -2.21. The Kier molecular flexibility index (Phi) is 2.64. The van der Waals surface area contributed by atoms with Gasteiger partial charge in [-0.15, -0.1) is 0 Å². The van der Waals surface area contributed by atoms with Crippen molar-refractivity contribution in [3.63, 3.8) is 0 Å². The van der Waals surface area contributed by atoms with Crippen molar-refractivity contribution < 1.29 is 13.2 Å². The van der Waals surface area contributed by atoms with Gasteiger partial charge in [-0.2, -0.15) is 18.4 Å². The highest BCUT2D eigenvalue weighted by Gasteiger charge is 2.38. The van der Waals surface area contributed by atoms with Gasteiger partial charge in [0.25, 0.3) is 0 Å². The summed E-state index contributed by atoms with van der Waals surface area (Å²) in [7, 11) is 0. The van der Waals surface area contributed by atoms with Gasteiger partial charge in [0.05, 0.1) is 18.2 Å². The molecule has 0 aliphatic carbocycles.